The molecule has 0 saturated carbocycles. The topological polar surface area (TPSA) is 12.0 Å². The standard InChI is InChI=1S/C15H17N/c1-2-14(13-9-5-3-6-10-13)15-11-7-4-8-12-16-15/h3-12,14,16H,2H2,1H3. The smallest absolute Gasteiger partial charge is 0.0238 e. The summed E-state index contributed by atoms with van der Waals surface area (Å²) in [6.07, 6.45) is 11.4. The maximum atomic E-state index is 3.35. The zero-order valence-electron chi connectivity index (χ0n) is 9.56. The molecule has 1 aliphatic rings. The van der Waals surface area contributed by atoms with Gasteiger partial charge in [-0.2, -0.15) is 0 Å². The first-order chi connectivity index (χ1) is 7.92. The molecule has 1 heteroatoms. The first kappa shape index (κ1) is 10.7. The fourth-order valence-electron chi connectivity index (χ4n) is 2.01. The van der Waals surface area contributed by atoms with Crippen molar-refractivity contribution in [1.29, 1.82) is 0 Å². The van der Waals surface area contributed by atoms with E-state index in [1.165, 1.54) is 11.3 Å². The zero-order chi connectivity index (χ0) is 11.2. The number of rotatable bonds is 3. The molecule has 0 amide bonds. The minimum Gasteiger partial charge on any atom is -0.364 e. The fourth-order valence-corrected chi connectivity index (χ4v) is 2.01. The van der Waals surface area contributed by atoms with Crippen molar-refractivity contribution in [3.8, 4) is 0 Å². The molecule has 2 rings (SSSR count). The van der Waals surface area contributed by atoms with Crippen molar-refractivity contribution in [2.24, 2.45) is 0 Å². The molecule has 0 saturated heterocycles. The molecule has 1 nitrogen and oxygen atoms in total. The average molecular weight is 211 g/mol. The lowest BCUT2D eigenvalue weighted by atomic mass is 9.93. The summed E-state index contributed by atoms with van der Waals surface area (Å²) < 4.78 is 0. The number of hydrogen-bond acceptors (Lipinski definition) is 1. The van der Waals surface area contributed by atoms with E-state index < -0.39 is 0 Å². The molecule has 0 bridgehead atoms. The Morgan fingerprint density at radius 1 is 1.06 bits per heavy atom. The Morgan fingerprint density at radius 3 is 2.62 bits per heavy atom. The normalized spacial score (nSPS) is 16.2. The van der Waals surface area contributed by atoms with Crippen LogP contribution in [-0.4, -0.2) is 0 Å². The van der Waals surface area contributed by atoms with E-state index >= 15 is 0 Å². The van der Waals surface area contributed by atoms with Gasteiger partial charge in [-0.1, -0.05) is 49.4 Å². The van der Waals surface area contributed by atoms with Gasteiger partial charge in [-0.05, 0) is 24.1 Å². The summed E-state index contributed by atoms with van der Waals surface area (Å²) in [5, 5.41) is 3.35. The second-order valence-electron chi connectivity index (χ2n) is 3.88. The van der Waals surface area contributed by atoms with E-state index in [0.717, 1.165) is 6.42 Å². The van der Waals surface area contributed by atoms with Crippen LogP contribution < -0.4 is 5.32 Å². The van der Waals surface area contributed by atoms with Gasteiger partial charge in [-0.3, -0.25) is 0 Å². The monoisotopic (exact) mass is 211 g/mol. The van der Waals surface area contributed by atoms with Crippen molar-refractivity contribution >= 4 is 0 Å². The van der Waals surface area contributed by atoms with Crippen molar-refractivity contribution in [3.63, 3.8) is 0 Å². The second kappa shape index (κ2) is 5.36. The summed E-state index contributed by atoms with van der Waals surface area (Å²) in [5.41, 5.74) is 2.63. The van der Waals surface area contributed by atoms with Gasteiger partial charge in [0.25, 0.3) is 0 Å². The maximum Gasteiger partial charge on any atom is 0.0238 e. The van der Waals surface area contributed by atoms with Gasteiger partial charge in [-0.15, -0.1) is 0 Å². The Hall–Kier alpha value is -1.76. The minimum atomic E-state index is 0.452. The Kier molecular flexibility index (Phi) is 3.60. The lowest BCUT2D eigenvalue weighted by Gasteiger charge is -2.18. The molecule has 82 valence electrons. The van der Waals surface area contributed by atoms with Crippen LogP contribution in [0.5, 0.6) is 0 Å². The summed E-state index contributed by atoms with van der Waals surface area (Å²) in [4.78, 5) is 0. The largest absolute Gasteiger partial charge is 0.364 e. The lowest BCUT2D eigenvalue weighted by Crippen LogP contribution is -2.13. The molecule has 1 aromatic carbocycles. The third-order valence-corrected chi connectivity index (χ3v) is 2.83. The van der Waals surface area contributed by atoms with Crippen LogP contribution in [0.1, 0.15) is 24.8 Å². The first-order valence-electron chi connectivity index (χ1n) is 5.76. The van der Waals surface area contributed by atoms with E-state index in [0.29, 0.717) is 5.92 Å². The summed E-state index contributed by atoms with van der Waals surface area (Å²) in [5.74, 6) is 0.452. The van der Waals surface area contributed by atoms with Crippen molar-refractivity contribution in [2.45, 2.75) is 19.3 Å². The second-order valence-corrected chi connectivity index (χ2v) is 3.88. The van der Waals surface area contributed by atoms with Gasteiger partial charge in [0, 0.05) is 17.8 Å². The van der Waals surface area contributed by atoms with Crippen LogP contribution in [-0.2, 0) is 0 Å². The van der Waals surface area contributed by atoms with Gasteiger partial charge in [-0.25, -0.2) is 0 Å². The molecule has 0 aromatic heterocycles. The Balaban J connectivity index is 2.26. The van der Waals surface area contributed by atoms with Crippen LogP contribution in [0, 0.1) is 0 Å². The average Bonchev–Trinajstić information content (AvgIpc) is 2.61. The number of benzene rings is 1. The maximum absolute atomic E-state index is 3.35. The summed E-state index contributed by atoms with van der Waals surface area (Å²) in [6, 6.07) is 10.6. The minimum absolute atomic E-state index is 0.452. The predicted molar refractivity (Wildman–Crippen MR) is 69.0 cm³/mol. The molecule has 0 fully saturated rings. The summed E-state index contributed by atoms with van der Waals surface area (Å²) in [6.45, 7) is 2.22. The van der Waals surface area contributed by atoms with Gasteiger partial charge in [0.2, 0.25) is 0 Å². The van der Waals surface area contributed by atoms with Crippen LogP contribution >= 0.6 is 0 Å². The fraction of sp³-hybridized carbons (Fsp3) is 0.200. The van der Waals surface area contributed by atoms with Gasteiger partial charge in [0.05, 0.1) is 0 Å². The highest BCUT2D eigenvalue weighted by atomic mass is 14.9. The van der Waals surface area contributed by atoms with Crippen molar-refractivity contribution in [1.82, 2.24) is 5.32 Å². The van der Waals surface area contributed by atoms with Crippen LogP contribution in [0.2, 0.25) is 0 Å². The summed E-state index contributed by atoms with van der Waals surface area (Å²) in [7, 11) is 0. The van der Waals surface area contributed by atoms with Crippen LogP contribution in [0.15, 0.2) is 66.5 Å². The molecule has 0 spiro atoms. The number of allylic oxidation sites excluding steroid dienone is 5. The van der Waals surface area contributed by atoms with E-state index in [1.54, 1.807) is 0 Å². The molecule has 1 heterocycles. The number of nitrogens with one attached hydrogen (secondary N) is 1. The van der Waals surface area contributed by atoms with E-state index in [-0.39, 0.29) is 0 Å². The lowest BCUT2D eigenvalue weighted by molar-refractivity contribution is 0.717. The molecular weight excluding hydrogens is 194 g/mol. The van der Waals surface area contributed by atoms with E-state index in [4.69, 9.17) is 0 Å². The van der Waals surface area contributed by atoms with Crippen molar-refractivity contribution < 1.29 is 0 Å². The van der Waals surface area contributed by atoms with Crippen LogP contribution in [0.3, 0.4) is 0 Å². The van der Waals surface area contributed by atoms with Gasteiger partial charge < -0.3 is 5.32 Å². The Labute approximate surface area is 97.2 Å². The SMILES string of the molecule is CCC(C1=CC=CC=CN1)c1ccccc1. The number of hydrogen-bond donors (Lipinski definition) is 1. The van der Waals surface area contributed by atoms with E-state index in [1.807, 2.05) is 18.4 Å². The molecule has 1 N–H and O–H groups in total. The Morgan fingerprint density at radius 2 is 1.88 bits per heavy atom. The highest BCUT2D eigenvalue weighted by molar-refractivity contribution is 5.32. The molecule has 1 aliphatic heterocycles. The molecule has 0 aliphatic carbocycles. The highest BCUT2D eigenvalue weighted by Crippen LogP contribution is 2.26. The molecular formula is C15H17N. The van der Waals surface area contributed by atoms with E-state index in [9.17, 15) is 0 Å². The van der Waals surface area contributed by atoms with Crippen LogP contribution in [0.25, 0.3) is 0 Å². The first-order valence-corrected chi connectivity index (χ1v) is 5.76. The highest BCUT2D eigenvalue weighted by Gasteiger charge is 2.13. The quantitative estimate of drug-likeness (QED) is 0.803. The molecule has 1 unspecified atom stereocenters. The molecule has 0 radical (unpaired) electrons. The van der Waals surface area contributed by atoms with Gasteiger partial charge in [0.1, 0.15) is 0 Å². The summed E-state index contributed by atoms with van der Waals surface area (Å²) >= 11 is 0. The molecule has 16 heavy (non-hydrogen) atoms. The zero-order valence-corrected chi connectivity index (χ0v) is 9.56. The van der Waals surface area contributed by atoms with Crippen molar-refractivity contribution in [2.75, 3.05) is 0 Å². The Bertz CT molecular complexity index is 412. The van der Waals surface area contributed by atoms with E-state index in [2.05, 4.69) is 54.7 Å². The third-order valence-electron chi connectivity index (χ3n) is 2.83. The van der Waals surface area contributed by atoms with Gasteiger partial charge in [0.15, 0.2) is 0 Å². The molecule has 1 aromatic rings. The van der Waals surface area contributed by atoms with Crippen LogP contribution in [0.4, 0.5) is 0 Å². The van der Waals surface area contributed by atoms with Crippen molar-refractivity contribution in [3.05, 3.63) is 72.1 Å². The third kappa shape index (κ3) is 2.43. The predicted octanol–water partition coefficient (Wildman–Crippen LogP) is 3.74. The van der Waals surface area contributed by atoms with Gasteiger partial charge >= 0.3 is 0 Å². The molecule has 1 atom stereocenters.